The van der Waals surface area contributed by atoms with Crippen molar-refractivity contribution >= 4 is 17.8 Å². The first-order valence-electron chi connectivity index (χ1n) is 7.83. The van der Waals surface area contributed by atoms with Crippen molar-refractivity contribution in [3.05, 3.63) is 65.2 Å². The van der Waals surface area contributed by atoms with Gasteiger partial charge in [-0.05, 0) is 35.4 Å². The smallest absolute Gasteiger partial charge is 0.334 e. The lowest BCUT2D eigenvalue weighted by atomic mass is 10.1. The maximum absolute atomic E-state index is 12.5. The molecule has 2 aromatic rings. The average Bonchev–Trinajstić information content (AvgIpc) is 2.87. The molecule has 1 heterocycles. The van der Waals surface area contributed by atoms with Crippen LogP contribution in [0.4, 0.5) is 4.79 Å². The summed E-state index contributed by atoms with van der Waals surface area (Å²) < 4.78 is 5.12. The highest BCUT2D eigenvalue weighted by Gasteiger charge is 2.44. The molecule has 0 unspecified atom stereocenters. The van der Waals surface area contributed by atoms with E-state index in [1.165, 1.54) is 7.11 Å². The fourth-order valence-electron chi connectivity index (χ4n) is 2.65. The molecule has 4 amide bonds. The molecule has 0 N–H and O–H groups in total. The van der Waals surface area contributed by atoms with E-state index in [2.05, 4.69) is 0 Å². The highest BCUT2D eigenvalue weighted by atomic mass is 16.5. The number of methoxy groups -OCH3 is 1. The Morgan fingerprint density at radius 3 is 2.12 bits per heavy atom. The third-order valence-electron chi connectivity index (χ3n) is 4.03. The van der Waals surface area contributed by atoms with Crippen molar-refractivity contribution in [3.63, 3.8) is 0 Å². The van der Waals surface area contributed by atoms with E-state index in [-0.39, 0.29) is 13.1 Å². The molecular formula is C19H15N3O4. The van der Waals surface area contributed by atoms with Crippen LogP contribution in [-0.4, -0.2) is 34.8 Å². The van der Waals surface area contributed by atoms with Crippen LogP contribution in [0, 0.1) is 11.3 Å². The first kappa shape index (κ1) is 17.2. The SMILES string of the molecule is COc1cccc(CN2C(=O)C(=O)N(Cc3ccc(C#N)cc3)C2=O)c1. The van der Waals surface area contributed by atoms with Gasteiger partial charge in [0.2, 0.25) is 0 Å². The molecule has 2 aromatic carbocycles. The summed E-state index contributed by atoms with van der Waals surface area (Å²) in [6, 6.07) is 14.8. The van der Waals surface area contributed by atoms with E-state index in [4.69, 9.17) is 10.00 Å². The molecule has 130 valence electrons. The molecule has 0 atom stereocenters. The van der Waals surface area contributed by atoms with E-state index in [9.17, 15) is 14.4 Å². The molecule has 3 rings (SSSR count). The predicted molar refractivity (Wildman–Crippen MR) is 90.6 cm³/mol. The molecule has 0 aromatic heterocycles. The molecule has 26 heavy (non-hydrogen) atoms. The molecule has 0 saturated carbocycles. The van der Waals surface area contributed by atoms with Gasteiger partial charge in [0.05, 0.1) is 31.8 Å². The van der Waals surface area contributed by atoms with Gasteiger partial charge in [-0.3, -0.25) is 19.4 Å². The number of carbonyl (C=O) groups excluding carboxylic acids is 3. The van der Waals surface area contributed by atoms with Crippen molar-refractivity contribution < 1.29 is 19.1 Å². The summed E-state index contributed by atoms with van der Waals surface area (Å²) >= 11 is 0. The molecule has 7 heteroatoms. The summed E-state index contributed by atoms with van der Waals surface area (Å²) in [5.41, 5.74) is 1.81. The Hall–Kier alpha value is -3.66. The standard InChI is InChI=1S/C19H15N3O4/c1-26-16-4-2-3-15(9-16)12-22-18(24)17(23)21(19(22)25)11-14-7-5-13(10-20)6-8-14/h2-9H,11-12H2,1H3. The first-order chi connectivity index (χ1) is 12.5. The number of imide groups is 2. The van der Waals surface area contributed by atoms with Crippen LogP contribution in [0.1, 0.15) is 16.7 Å². The lowest BCUT2D eigenvalue weighted by Crippen LogP contribution is -2.32. The summed E-state index contributed by atoms with van der Waals surface area (Å²) in [6.45, 7) is -0.0335. The summed E-state index contributed by atoms with van der Waals surface area (Å²) in [6.07, 6.45) is 0. The number of ether oxygens (including phenoxy) is 1. The first-order valence-corrected chi connectivity index (χ1v) is 7.83. The summed E-state index contributed by atoms with van der Waals surface area (Å²) in [5.74, 6) is -1.11. The van der Waals surface area contributed by atoms with Gasteiger partial charge in [0.15, 0.2) is 0 Å². The topological polar surface area (TPSA) is 90.7 Å². The molecule has 1 aliphatic heterocycles. The Balaban J connectivity index is 1.77. The van der Waals surface area contributed by atoms with E-state index in [0.29, 0.717) is 22.4 Å². The Morgan fingerprint density at radius 1 is 0.923 bits per heavy atom. The highest BCUT2D eigenvalue weighted by molar-refractivity contribution is 6.44. The molecule has 0 radical (unpaired) electrons. The van der Waals surface area contributed by atoms with Crippen molar-refractivity contribution in [2.75, 3.05) is 7.11 Å². The quantitative estimate of drug-likeness (QED) is 0.609. The van der Waals surface area contributed by atoms with Gasteiger partial charge in [-0.1, -0.05) is 24.3 Å². The van der Waals surface area contributed by atoms with Gasteiger partial charge in [0.25, 0.3) is 0 Å². The number of benzene rings is 2. The van der Waals surface area contributed by atoms with Gasteiger partial charge in [0.1, 0.15) is 5.75 Å². The van der Waals surface area contributed by atoms with E-state index >= 15 is 0 Å². The maximum Gasteiger partial charge on any atom is 0.334 e. The average molecular weight is 349 g/mol. The molecule has 0 aliphatic carbocycles. The third kappa shape index (κ3) is 3.26. The van der Waals surface area contributed by atoms with Crippen LogP contribution in [0.3, 0.4) is 0 Å². The van der Waals surface area contributed by atoms with Crippen molar-refractivity contribution in [2.24, 2.45) is 0 Å². The van der Waals surface area contributed by atoms with E-state index in [1.807, 2.05) is 6.07 Å². The number of amides is 4. The molecule has 1 saturated heterocycles. The van der Waals surface area contributed by atoms with Crippen molar-refractivity contribution in [3.8, 4) is 11.8 Å². The van der Waals surface area contributed by atoms with Crippen LogP contribution in [0.5, 0.6) is 5.75 Å². The second-order valence-electron chi connectivity index (χ2n) is 5.73. The number of carbonyl (C=O) groups is 3. The van der Waals surface area contributed by atoms with Crippen molar-refractivity contribution in [1.29, 1.82) is 5.26 Å². The largest absolute Gasteiger partial charge is 0.497 e. The van der Waals surface area contributed by atoms with E-state index in [0.717, 1.165) is 9.80 Å². The Morgan fingerprint density at radius 2 is 1.54 bits per heavy atom. The molecule has 1 fully saturated rings. The Bertz CT molecular complexity index is 915. The Kier molecular flexibility index (Phi) is 4.67. The summed E-state index contributed by atoms with van der Waals surface area (Å²) in [7, 11) is 1.52. The van der Waals surface area contributed by atoms with Gasteiger partial charge in [0, 0.05) is 0 Å². The number of hydrogen-bond donors (Lipinski definition) is 0. The zero-order valence-electron chi connectivity index (χ0n) is 14.0. The predicted octanol–water partition coefficient (Wildman–Crippen LogP) is 2.06. The van der Waals surface area contributed by atoms with Crippen LogP contribution >= 0.6 is 0 Å². The van der Waals surface area contributed by atoms with Gasteiger partial charge in [-0.2, -0.15) is 5.26 Å². The summed E-state index contributed by atoms with van der Waals surface area (Å²) in [5, 5.41) is 8.81. The van der Waals surface area contributed by atoms with Crippen LogP contribution in [0.25, 0.3) is 0 Å². The number of hydrogen-bond acceptors (Lipinski definition) is 5. The van der Waals surface area contributed by atoms with Gasteiger partial charge < -0.3 is 4.74 Å². The minimum Gasteiger partial charge on any atom is -0.497 e. The summed E-state index contributed by atoms with van der Waals surface area (Å²) in [4.78, 5) is 38.8. The van der Waals surface area contributed by atoms with Gasteiger partial charge in [-0.15, -0.1) is 0 Å². The second-order valence-corrected chi connectivity index (χ2v) is 5.73. The monoisotopic (exact) mass is 349 g/mol. The second kappa shape index (κ2) is 7.07. The fourth-order valence-corrected chi connectivity index (χ4v) is 2.65. The number of rotatable bonds is 5. The molecule has 7 nitrogen and oxygen atoms in total. The molecule has 1 aliphatic rings. The number of nitrogens with zero attached hydrogens (tertiary/aromatic N) is 3. The molecular weight excluding hydrogens is 334 g/mol. The fraction of sp³-hybridized carbons (Fsp3) is 0.158. The highest BCUT2D eigenvalue weighted by Crippen LogP contribution is 2.21. The molecule has 0 bridgehead atoms. The van der Waals surface area contributed by atoms with Crippen LogP contribution in [-0.2, 0) is 22.7 Å². The van der Waals surface area contributed by atoms with Gasteiger partial charge in [-0.25, -0.2) is 4.79 Å². The van der Waals surface area contributed by atoms with Crippen LogP contribution in [0.15, 0.2) is 48.5 Å². The lowest BCUT2D eigenvalue weighted by Gasteiger charge is -2.16. The number of urea groups is 1. The lowest BCUT2D eigenvalue weighted by molar-refractivity contribution is -0.143. The third-order valence-corrected chi connectivity index (χ3v) is 4.03. The van der Waals surface area contributed by atoms with Gasteiger partial charge >= 0.3 is 17.8 Å². The minimum atomic E-state index is -0.859. The Labute approximate surface area is 150 Å². The van der Waals surface area contributed by atoms with Crippen LogP contribution < -0.4 is 4.74 Å². The van der Waals surface area contributed by atoms with E-state index in [1.54, 1.807) is 48.5 Å². The molecule has 0 spiro atoms. The van der Waals surface area contributed by atoms with E-state index < -0.39 is 17.8 Å². The van der Waals surface area contributed by atoms with Crippen molar-refractivity contribution in [2.45, 2.75) is 13.1 Å². The number of nitriles is 1. The zero-order chi connectivity index (χ0) is 18.7. The van der Waals surface area contributed by atoms with Crippen LogP contribution in [0.2, 0.25) is 0 Å². The maximum atomic E-state index is 12.5. The minimum absolute atomic E-state index is 0.00945. The normalized spacial score (nSPS) is 13.9. The zero-order valence-corrected chi connectivity index (χ0v) is 14.0. The van der Waals surface area contributed by atoms with Crippen molar-refractivity contribution in [1.82, 2.24) is 9.80 Å².